The number of carbonyl (C=O) groups excluding carboxylic acids is 1. The zero-order valence-corrected chi connectivity index (χ0v) is 25.7. The van der Waals surface area contributed by atoms with Crippen molar-refractivity contribution in [3.05, 3.63) is 106 Å². The van der Waals surface area contributed by atoms with Gasteiger partial charge < -0.3 is 35.3 Å². The Balaban J connectivity index is 1.13. The predicted molar refractivity (Wildman–Crippen MR) is 180 cm³/mol. The maximum atomic E-state index is 12.4. The SMILES string of the molecule is O=C(NCCCCCCNC(=S)Nc1ccc(-c2c3ccc(=O)cc-3oc3cc(O)ccc23)c(C(=O)O)c1)OCc1ccccc1. The Morgan fingerprint density at radius 3 is 2.33 bits per heavy atom. The van der Waals surface area contributed by atoms with E-state index in [0.29, 0.717) is 51.5 Å². The van der Waals surface area contributed by atoms with E-state index < -0.39 is 12.1 Å². The molecule has 1 aliphatic carbocycles. The van der Waals surface area contributed by atoms with Gasteiger partial charge in [-0.1, -0.05) is 49.2 Å². The summed E-state index contributed by atoms with van der Waals surface area (Å²) in [4.78, 5) is 36.3. The van der Waals surface area contributed by atoms with Crippen LogP contribution >= 0.6 is 12.2 Å². The summed E-state index contributed by atoms with van der Waals surface area (Å²) in [7, 11) is 0. The molecule has 11 heteroatoms. The van der Waals surface area contributed by atoms with Gasteiger partial charge >= 0.3 is 12.1 Å². The molecule has 5 rings (SSSR count). The van der Waals surface area contributed by atoms with E-state index in [4.69, 9.17) is 21.4 Å². The Morgan fingerprint density at radius 2 is 1.57 bits per heavy atom. The van der Waals surface area contributed by atoms with Crippen LogP contribution in [0.3, 0.4) is 0 Å². The number of aromatic hydroxyl groups is 1. The van der Waals surface area contributed by atoms with Crippen LogP contribution in [-0.2, 0) is 11.3 Å². The van der Waals surface area contributed by atoms with Crippen molar-refractivity contribution < 1.29 is 29.0 Å². The number of carbonyl (C=O) groups is 2. The zero-order chi connectivity index (χ0) is 32.5. The summed E-state index contributed by atoms with van der Waals surface area (Å²) in [6.45, 7) is 1.40. The zero-order valence-electron chi connectivity index (χ0n) is 24.9. The van der Waals surface area contributed by atoms with Gasteiger partial charge in [0.05, 0.1) is 5.56 Å². The van der Waals surface area contributed by atoms with Crippen molar-refractivity contribution in [2.75, 3.05) is 18.4 Å². The first-order valence-electron chi connectivity index (χ1n) is 14.9. The van der Waals surface area contributed by atoms with Crippen LogP contribution in [0, 0.1) is 0 Å². The predicted octanol–water partition coefficient (Wildman–Crippen LogP) is 6.74. The van der Waals surface area contributed by atoms with Crippen molar-refractivity contribution in [1.82, 2.24) is 10.6 Å². The molecule has 2 aliphatic rings. The van der Waals surface area contributed by atoms with Gasteiger partial charge in [0.15, 0.2) is 10.5 Å². The molecule has 0 atom stereocenters. The smallest absolute Gasteiger partial charge is 0.407 e. The summed E-state index contributed by atoms with van der Waals surface area (Å²) >= 11 is 5.43. The average Bonchev–Trinajstić information content (AvgIpc) is 3.04. The molecule has 1 aliphatic heterocycles. The van der Waals surface area contributed by atoms with Crippen molar-refractivity contribution in [1.29, 1.82) is 0 Å². The number of unbranched alkanes of at least 4 members (excludes halogenated alkanes) is 3. The monoisotopic (exact) mass is 639 g/mol. The van der Waals surface area contributed by atoms with Crippen LogP contribution in [-0.4, -0.2) is 40.5 Å². The molecule has 10 nitrogen and oxygen atoms in total. The highest BCUT2D eigenvalue weighted by Crippen LogP contribution is 2.42. The van der Waals surface area contributed by atoms with E-state index in [1.54, 1.807) is 24.3 Å². The molecule has 3 aromatic rings. The molecular weight excluding hydrogens is 606 g/mol. The van der Waals surface area contributed by atoms with Crippen LogP contribution in [0.15, 0.2) is 94.1 Å². The molecule has 3 aromatic carbocycles. The lowest BCUT2D eigenvalue weighted by molar-refractivity contribution is 0.0697. The van der Waals surface area contributed by atoms with Crippen molar-refractivity contribution in [2.45, 2.75) is 32.3 Å². The number of aromatic carboxylic acids is 1. The third-order valence-electron chi connectivity index (χ3n) is 7.33. The second-order valence-electron chi connectivity index (χ2n) is 10.7. The number of fused-ring (bicyclic) bond motifs is 2. The fourth-order valence-corrected chi connectivity index (χ4v) is 5.33. The number of alkyl carbamates (subject to hydrolysis) is 1. The lowest BCUT2D eigenvalue weighted by Crippen LogP contribution is -2.29. The van der Waals surface area contributed by atoms with Crippen LogP contribution in [0.5, 0.6) is 5.75 Å². The normalized spacial score (nSPS) is 10.9. The summed E-state index contributed by atoms with van der Waals surface area (Å²) in [5.41, 5.74) is 3.08. The molecular formula is C35H33N3O7S. The number of phenolic OH excluding ortho intramolecular Hbond substituents is 1. The quantitative estimate of drug-likeness (QED) is 0.0564. The van der Waals surface area contributed by atoms with E-state index >= 15 is 0 Å². The largest absolute Gasteiger partial charge is 0.508 e. The van der Waals surface area contributed by atoms with Crippen LogP contribution in [0.1, 0.15) is 41.6 Å². The van der Waals surface area contributed by atoms with E-state index in [-0.39, 0.29) is 29.1 Å². The molecule has 0 aromatic heterocycles. The first kappa shape index (κ1) is 32.0. The summed E-state index contributed by atoms with van der Waals surface area (Å²) in [5.74, 6) is -0.882. The third kappa shape index (κ3) is 8.19. The summed E-state index contributed by atoms with van der Waals surface area (Å²) in [5, 5.41) is 30.1. The number of benzene rings is 4. The first-order valence-corrected chi connectivity index (χ1v) is 15.3. The molecule has 5 N–H and O–H groups in total. The molecule has 0 bridgehead atoms. The fraction of sp³-hybridized carbons (Fsp3) is 0.200. The third-order valence-corrected chi connectivity index (χ3v) is 7.57. The van der Waals surface area contributed by atoms with Crippen LogP contribution in [0.25, 0.3) is 33.4 Å². The van der Waals surface area contributed by atoms with Crippen LogP contribution in [0.2, 0.25) is 0 Å². The number of carboxylic acid groups (broad SMARTS) is 1. The highest BCUT2D eigenvalue weighted by Gasteiger charge is 2.22. The Labute approximate surface area is 270 Å². The van der Waals surface area contributed by atoms with Gasteiger partial charge in [0.2, 0.25) is 0 Å². The minimum absolute atomic E-state index is 0.0207. The van der Waals surface area contributed by atoms with Gasteiger partial charge in [0, 0.05) is 47.4 Å². The minimum atomic E-state index is -1.14. The lowest BCUT2D eigenvalue weighted by Gasteiger charge is -2.18. The number of amides is 1. The molecule has 46 heavy (non-hydrogen) atoms. The number of hydrogen-bond donors (Lipinski definition) is 5. The molecule has 0 fully saturated rings. The fourth-order valence-electron chi connectivity index (χ4n) is 5.11. The van der Waals surface area contributed by atoms with Crippen molar-refractivity contribution in [2.24, 2.45) is 0 Å². The maximum Gasteiger partial charge on any atom is 0.407 e. The number of hydrogen-bond acceptors (Lipinski definition) is 7. The number of nitrogens with one attached hydrogen (secondary N) is 3. The Hall–Kier alpha value is -5.42. The van der Waals surface area contributed by atoms with Crippen molar-refractivity contribution in [3.63, 3.8) is 0 Å². The molecule has 0 saturated heterocycles. The van der Waals surface area contributed by atoms with Gasteiger partial charge in [-0.2, -0.15) is 0 Å². The number of anilines is 1. The summed E-state index contributed by atoms with van der Waals surface area (Å²) < 4.78 is 11.1. The number of phenols is 1. The van der Waals surface area contributed by atoms with Gasteiger partial charge in [0.1, 0.15) is 23.7 Å². The van der Waals surface area contributed by atoms with E-state index in [1.807, 2.05) is 30.3 Å². The van der Waals surface area contributed by atoms with E-state index in [9.17, 15) is 24.6 Å². The first-order chi connectivity index (χ1) is 22.3. The highest BCUT2D eigenvalue weighted by molar-refractivity contribution is 7.80. The molecule has 1 amide bonds. The molecule has 0 spiro atoms. The average molecular weight is 640 g/mol. The molecule has 0 unspecified atom stereocenters. The second-order valence-corrected chi connectivity index (χ2v) is 11.1. The topological polar surface area (TPSA) is 150 Å². The number of carboxylic acids is 1. The Kier molecular flexibility index (Phi) is 10.5. The van der Waals surface area contributed by atoms with Gasteiger partial charge in [-0.05, 0) is 72.6 Å². The van der Waals surface area contributed by atoms with Crippen LogP contribution in [0.4, 0.5) is 10.5 Å². The lowest BCUT2D eigenvalue weighted by atomic mass is 9.90. The second kappa shape index (κ2) is 15.0. The number of thiocarbonyl (C=S) groups is 1. The van der Waals surface area contributed by atoms with E-state index in [2.05, 4.69) is 16.0 Å². The van der Waals surface area contributed by atoms with Gasteiger partial charge in [-0.3, -0.25) is 4.79 Å². The van der Waals surface area contributed by atoms with Crippen LogP contribution < -0.4 is 21.4 Å². The van der Waals surface area contributed by atoms with Gasteiger partial charge in [-0.15, -0.1) is 0 Å². The van der Waals surface area contributed by atoms with Crippen molar-refractivity contribution in [3.8, 4) is 28.2 Å². The molecule has 236 valence electrons. The van der Waals surface area contributed by atoms with Gasteiger partial charge in [-0.25, -0.2) is 9.59 Å². The Morgan fingerprint density at radius 1 is 0.826 bits per heavy atom. The summed E-state index contributed by atoms with van der Waals surface area (Å²) in [6.07, 6.45) is 3.12. The van der Waals surface area contributed by atoms with E-state index in [1.165, 1.54) is 30.3 Å². The molecule has 1 heterocycles. The molecule has 0 radical (unpaired) electrons. The Bertz CT molecular complexity index is 1890. The van der Waals surface area contributed by atoms with E-state index in [0.717, 1.165) is 31.2 Å². The number of ether oxygens (including phenoxy) is 1. The maximum absolute atomic E-state index is 12.4. The number of rotatable bonds is 12. The highest BCUT2D eigenvalue weighted by atomic mass is 32.1. The summed E-state index contributed by atoms with van der Waals surface area (Å²) in [6, 6.07) is 23.4. The van der Waals surface area contributed by atoms with Gasteiger partial charge in [0.25, 0.3) is 0 Å². The molecule has 0 saturated carbocycles. The standard InChI is InChI=1S/C35H33N3O7S/c39-24-11-14-27-30(19-24)45-31-20-25(40)12-15-28(31)32(27)26-13-10-23(18-29(26)33(41)42)38-34(46)36-16-6-1-2-7-17-37-35(43)44-21-22-8-4-3-5-9-22/h3-5,8-15,18-20,39H,1-2,6-7,16-17,21H2,(H,37,43)(H,41,42)(H2,36,38,46). The minimum Gasteiger partial charge on any atom is -0.508 e. The van der Waals surface area contributed by atoms with Crippen molar-refractivity contribution >= 4 is 46.0 Å².